The van der Waals surface area contributed by atoms with Gasteiger partial charge in [0, 0.05) is 26.0 Å². The van der Waals surface area contributed by atoms with Crippen LogP contribution in [0, 0.1) is 6.92 Å². The number of hydrogen-bond acceptors (Lipinski definition) is 2. The van der Waals surface area contributed by atoms with E-state index in [0.717, 1.165) is 16.9 Å². The maximum Gasteiger partial charge on any atom is 0.321 e. The Balaban J connectivity index is 1.75. The number of aromatic nitrogens is 2. The van der Waals surface area contributed by atoms with Gasteiger partial charge < -0.3 is 10.2 Å². The quantitative estimate of drug-likeness (QED) is 0.794. The van der Waals surface area contributed by atoms with E-state index in [1.165, 1.54) is 5.56 Å². The van der Waals surface area contributed by atoms with Crippen molar-refractivity contribution in [2.75, 3.05) is 12.4 Å². The minimum atomic E-state index is -0.155. The molecule has 0 saturated carbocycles. The van der Waals surface area contributed by atoms with Crippen LogP contribution in [0.1, 0.15) is 11.1 Å². The summed E-state index contributed by atoms with van der Waals surface area (Å²) >= 11 is 0. The Morgan fingerprint density at radius 1 is 1.12 bits per heavy atom. The molecule has 24 heavy (non-hydrogen) atoms. The highest BCUT2D eigenvalue weighted by Gasteiger charge is 2.13. The van der Waals surface area contributed by atoms with Gasteiger partial charge in [0.05, 0.1) is 11.4 Å². The van der Waals surface area contributed by atoms with Crippen LogP contribution in [0.2, 0.25) is 0 Å². The van der Waals surface area contributed by atoms with Crippen LogP contribution in [0.25, 0.3) is 5.69 Å². The van der Waals surface area contributed by atoms with Crippen molar-refractivity contribution in [1.82, 2.24) is 14.7 Å². The second-order valence-electron chi connectivity index (χ2n) is 5.68. The molecule has 0 aliphatic carbocycles. The molecule has 1 heterocycles. The van der Waals surface area contributed by atoms with Gasteiger partial charge in [-0.05, 0) is 36.2 Å². The first-order valence-electron chi connectivity index (χ1n) is 7.81. The molecule has 0 unspecified atom stereocenters. The normalized spacial score (nSPS) is 10.4. The molecule has 1 N–H and O–H groups in total. The van der Waals surface area contributed by atoms with Gasteiger partial charge in [-0.1, -0.05) is 36.4 Å². The molecule has 0 radical (unpaired) electrons. The number of benzene rings is 2. The summed E-state index contributed by atoms with van der Waals surface area (Å²) in [5.74, 6) is 0. The van der Waals surface area contributed by atoms with Gasteiger partial charge >= 0.3 is 6.03 Å². The van der Waals surface area contributed by atoms with E-state index in [9.17, 15) is 4.79 Å². The number of amides is 2. The third kappa shape index (κ3) is 3.46. The standard InChI is InChI=1S/C19H20N4O/c1-15-8-3-4-9-16(15)14-22(2)19(24)21-17-10-5-6-11-18(17)23-13-7-12-20-23/h3-13H,14H2,1-2H3,(H,21,24). The predicted molar refractivity (Wildman–Crippen MR) is 95.2 cm³/mol. The fourth-order valence-corrected chi connectivity index (χ4v) is 2.52. The van der Waals surface area contributed by atoms with Crippen molar-refractivity contribution in [3.63, 3.8) is 0 Å². The number of rotatable bonds is 4. The first-order valence-corrected chi connectivity index (χ1v) is 7.81. The molecule has 0 bridgehead atoms. The number of anilines is 1. The summed E-state index contributed by atoms with van der Waals surface area (Å²) in [7, 11) is 1.79. The lowest BCUT2D eigenvalue weighted by atomic mass is 10.1. The molecule has 0 fully saturated rings. The van der Waals surface area contributed by atoms with Crippen LogP contribution in [0.3, 0.4) is 0 Å². The molecule has 122 valence electrons. The lowest BCUT2D eigenvalue weighted by molar-refractivity contribution is 0.220. The van der Waals surface area contributed by atoms with E-state index in [1.54, 1.807) is 22.8 Å². The number of nitrogens with zero attached hydrogens (tertiary/aromatic N) is 3. The van der Waals surface area contributed by atoms with Crippen LogP contribution in [0.15, 0.2) is 67.0 Å². The third-order valence-corrected chi connectivity index (χ3v) is 3.91. The second-order valence-corrected chi connectivity index (χ2v) is 5.68. The molecule has 2 aromatic carbocycles. The Morgan fingerprint density at radius 2 is 1.88 bits per heavy atom. The van der Waals surface area contributed by atoms with Crippen molar-refractivity contribution in [1.29, 1.82) is 0 Å². The summed E-state index contributed by atoms with van der Waals surface area (Å²) in [6, 6.07) is 17.4. The van der Waals surface area contributed by atoms with Crippen molar-refractivity contribution in [3.8, 4) is 5.69 Å². The molecule has 0 spiro atoms. The lowest BCUT2D eigenvalue weighted by Crippen LogP contribution is -2.31. The largest absolute Gasteiger partial charge is 0.323 e. The van der Waals surface area contributed by atoms with E-state index in [0.29, 0.717) is 6.54 Å². The van der Waals surface area contributed by atoms with Crippen LogP contribution in [0.5, 0.6) is 0 Å². The highest BCUT2D eigenvalue weighted by molar-refractivity contribution is 5.91. The summed E-state index contributed by atoms with van der Waals surface area (Å²) in [6.45, 7) is 2.61. The summed E-state index contributed by atoms with van der Waals surface area (Å²) in [4.78, 5) is 14.2. The van der Waals surface area contributed by atoms with Gasteiger partial charge in [-0.15, -0.1) is 0 Å². The molecule has 5 nitrogen and oxygen atoms in total. The van der Waals surface area contributed by atoms with Crippen molar-refractivity contribution in [2.45, 2.75) is 13.5 Å². The first-order chi connectivity index (χ1) is 11.6. The number of aryl methyl sites for hydroxylation is 1. The smallest absolute Gasteiger partial charge is 0.321 e. The van der Waals surface area contributed by atoms with Gasteiger partial charge in [-0.25, -0.2) is 9.48 Å². The van der Waals surface area contributed by atoms with Gasteiger partial charge in [0.15, 0.2) is 0 Å². The summed E-state index contributed by atoms with van der Waals surface area (Å²) in [6.07, 6.45) is 3.56. The van der Waals surface area contributed by atoms with Crippen molar-refractivity contribution in [3.05, 3.63) is 78.1 Å². The summed E-state index contributed by atoms with van der Waals surface area (Å²) in [5.41, 5.74) is 3.87. The molecule has 3 aromatic rings. The van der Waals surface area contributed by atoms with Crippen LogP contribution < -0.4 is 5.32 Å². The molecular formula is C19H20N4O. The highest BCUT2D eigenvalue weighted by Crippen LogP contribution is 2.19. The maximum absolute atomic E-state index is 12.5. The van der Waals surface area contributed by atoms with Crippen molar-refractivity contribution in [2.24, 2.45) is 0 Å². The van der Waals surface area contributed by atoms with E-state index in [4.69, 9.17) is 0 Å². The summed E-state index contributed by atoms with van der Waals surface area (Å²) in [5, 5.41) is 7.19. The molecule has 0 aliphatic heterocycles. The number of carbonyl (C=O) groups is 1. The van der Waals surface area contributed by atoms with Crippen LogP contribution in [-0.4, -0.2) is 27.8 Å². The average Bonchev–Trinajstić information content (AvgIpc) is 3.11. The molecule has 5 heteroatoms. The zero-order chi connectivity index (χ0) is 16.9. The molecule has 0 saturated heterocycles. The predicted octanol–water partition coefficient (Wildman–Crippen LogP) is 3.84. The Labute approximate surface area is 141 Å². The zero-order valence-corrected chi connectivity index (χ0v) is 13.8. The lowest BCUT2D eigenvalue weighted by Gasteiger charge is -2.20. The molecule has 0 aliphatic rings. The van der Waals surface area contributed by atoms with E-state index in [1.807, 2.05) is 67.7 Å². The van der Waals surface area contributed by atoms with E-state index >= 15 is 0 Å². The van der Waals surface area contributed by atoms with Gasteiger partial charge in [-0.2, -0.15) is 5.10 Å². The number of nitrogens with one attached hydrogen (secondary N) is 1. The van der Waals surface area contributed by atoms with Gasteiger partial charge in [0.1, 0.15) is 0 Å². The number of carbonyl (C=O) groups excluding carboxylic acids is 1. The maximum atomic E-state index is 12.5. The van der Waals surface area contributed by atoms with Crippen molar-refractivity contribution >= 4 is 11.7 Å². The number of para-hydroxylation sites is 2. The Bertz CT molecular complexity index is 827. The Hall–Kier alpha value is -3.08. The fraction of sp³-hybridized carbons (Fsp3) is 0.158. The minimum Gasteiger partial charge on any atom is -0.323 e. The molecule has 2 amide bonds. The molecular weight excluding hydrogens is 300 g/mol. The van der Waals surface area contributed by atoms with Gasteiger partial charge in [0.2, 0.25) is 0 Å². The van der Waals surface area contributed by atoms with E-state index in [2.05, 4.69) is 10.4 Å². The second kappa shape index (κ2) is 7.00. The first kappa shape index (κ1) is 15.8. The Morgan fingerprint density at radius 3 is 2.62 bits per heavy atom. The van der Waals surface area contributed by atoms with Crippen molar-refractivity contribution < 1.29 is 4.79 Å². The third-order valence-electron chi connectivity index (χ3n) is 3.91. The number of hydrogen-bond donors (Lipinski definition) is 1. The van der Waals surface area contributed by atoms with Crippen LogP contribution in [0.4, 0.5) is 10.5 Å². The topological polar surface area (TPSA) is 50.2 Å². The minimum absolute atomic E-state index is 0.155. The SMILES string of the molecule is Cc1ccccc1CN(C)C(=O)Nc1ccccc1-n1cccn1. The van der Waals surface area contributed by atoms with Crippen LogP contribution >= 0.6 is 0 Å². The average molecular weight is 320 g/mol. The number of urea groups is 1. The molecule has 3 rings (SSSR count). The van der Waals surface area contributed by atoms with E-state index in [-0.39, 0.29) is 6.03 Å². The zero-order valence-electron chi connectivity index (χ0n) is 13.8. The molecule has 1 aromatic heterocycles. The van der Waals surface area contributed by atoms with E-state index < -0.39 is 0 Å². The Kier molecular flexibility index (Phi) is 4.61. The highest BCUT2D eigenvalue weighted by atomic mass is 16.2. The monoisotopic (exact) mass is 320 g/mol. The van der Waals surface area contributed by atoms with Gasteiger partial charge in [-0.3, -0.25) is 0 Å². The van der Waals surface area contributed by atoms with Gasteiger partial charge in [0.25, 0.3) is 0 Å². The fourth-order valence-electron chi connectivity index (χ4n) is 2.52. The molecule has 0 atom stereocenters. The summed E-state index contributed by atoms with van der Waals surface area (Å²) < 4.78 is 1.73. The van der Waals surface area contributed by atoms with Crippen LogP contribution in [-0.2, 0) is 6.54 Å².